The van der Waals surface area contributed by atoms with Crippen LogP contribution in [0.4, 0.5) is 0 Å². The standard InChI is InChI=1S/C21H42N2O5/c1-18(2)9-16(10-19(3,4)22(18)25)27-13-15(24)14-28-17-11-20(5,6)23(26)21(7,8)12-17/h15-17,24-26H,9-14H2,1-8H3. The lowest BCUT2D eigenvalue weighted by atomic mass is 9.80. The van der Waals surface area contributed by atoms with Gasteiger partial charge in [-0.2, -0.15) is 10.1 Å². The van der Waals surface area contributed by atoms with Gasteiger partial charge in [0.25, 0.3) is 0 Å². The van der Waals surface area contributed by atoms with E-state index in [0.29, 0.717) is 25.7 Å². The molecule has 3 N–H and O–H groups in total. The van der Waals surface area contributed by atoms with Gasteiger partial charge in [0, 0.05) is 22.2 Å². The molecule has 0 unspecified atom stereocenters. The van der Waals surface area contributed by atoms with E-state index in [0.717, 1.165) is 0 Å². The van der Waals surface area contributed by atoms with E-state index in [-0.39, 0.29) is 47.6 Å². The van der Waals surface area contributed by atoms with Crippen molar-refractivity contribution in [3.63, 3.8) is 0 Å². The summed E-state index contributed by atoms with van der Waals surface area (Å²) in [5, 5.41) is 34.0. The topological polar surface area (TPSA) is 85.6 Å². The van der Waals surface area contributed by atoms with Crippen LogP contribution in [-0.4, -0.2) is 79.3 Å². The summed E-state index contributed by atoms with van der Waals surface area (Å²) in [7, 11) is 0. The molecule has 0 radical (unpaired) electrons. The van der Waals surface area contributed by atoms with E-state index in [1.165, 1.54) is 10.1 Å². The molecule has 28 heavy (non-hydrogen) atoms. The van der Waals surface area contributed by atoms with Gasteiger partial charge < -0.3 is 25.0 Å². The van der Waals surface area contributed by atoms with Gasteiger partial charge in [-0.05, 0) is 81.1 Å². The second kappa shape index (κ2) is 8.10. The predicted octanol–water partition coefficient (Wildman–Crippen LogP) is 3.20. The minimum Gasteiger partial charge on any atom is -0.388 e. The molecule has 2 aliphatic heterocycles. The van der Waals surface area contributed by atoms with E-state index < -0.39 is 6.10 Å². The van der Waals surface area contributed by atoms with Crippen molar-refractivity contribution in [3.8, 4) is 0 Å². The third-order valence-corrected chi connectivity index (χ3v) is 6.25. The van der Waals surface area contributed by atoms with Crippen LogP contribution in [0.15, 0.2) is 0 Å². The van der Waals surface area contributed by atoms with Crippen LogP contribution >= 0.6 is 0 Å². The largest absolute Gasteiger partial charge is 0.388 e. The quantitative estimate of drug-likeness (QED) is 0.629. The smallest absolute Gasteiger partial charge is 0.101 e. The van der Waals surface area contributed by atoms with Crippen LogP contribution in [0.2, 0.25) is 0 Å². The average molecular weight is 403 g/mol. The van der Waals surface area contributed by atoms with Crippen LogP contribution < -0.4 is 0 Å². The average Bonchev–Trinajstić information content (AvgIpc) is 2.52. The number of aliphatic hydroxyl groups excluding tert-OH is 1. The Kier molecular flexibility index (Phi) is 6.94. The van der Waals surface area contributed by atoms with Crippen LogP contribution in [0.5, 0.6) is 0 Å². The molecule has 2 rings (SSSR count). The molecule has 0 aliphatic carbocycles. The summed E-state index contributed by atoms with van der Waals surface area (Å²) < 4.78 is 12.0. The minimum atomic E-state index is -0.697. The number of piperidine rings is 2. The molecule has 0 aromatic rings. The molecule has 0 aromatic heterocycles. The fourth-order valence-corrected chi connectivity index (χ4v) is 5.14. The summed E-state index contributed by atoms with van der Waals surface area (Å²) in [4.78, 5) is 0. The first kappa shape index (κ1) is 24.0. The zero-order valence-corrected chi connectivity index (χ0v) is 19.0. The van der Waals surface area contributed by atoms with Gasteiger partial charge >= 0.3 is 0 Å². The summed E-state index contributed by atoms with van der Waals surface area (Å²) in [5.74, 6) is 0. The Balaban J connectivity index is 1.81. The Morgan fingerprint density at radius 3 is 1.18 bits per heavy atom. The summed E-state index contributed by atoms with van der Waals surface area (Å²) >= 11 is 0. The minimum absolute atomic E-state index is 0.0152. The zero-order valence-electron chi connectivity index (χ0n) is 19.0. The first-order chi connectivity index (χ1) is 12.6. The first-order valence-corrected chi connectivity index (χ1v) is 10.5. The Labute approximate surface area is 170 Å². The molecule has 166 valence electrons. The van der Waals surface area contributed by atoms with Crippen molar-refractivity contribution in [2.24, 2.45) is 0 Å². The summed E-state index contributed by atoms with van der Waals surface area (Å²) in [6.45, 7) is 16.4. The maximum atomic E-state index is 10.4. The predicted molar refractivity (Wildman–Crippen MR) is 108 cm³/mol. The Bertz CT molecular complexity index is 453. The Morgan fingerprint density at radius 1 is 0.679 bits per heavy atom. The highest BCUT2D eigenvalue weighted by atomic mass is 16.5. The Hall–Kier alpha value is -0.280. The number of hydroxylamine groups is 4. The van der Waals surface area contributed by atoms with Crippen molar-refractivity contribution >= 4 is 0 Å². The molecule has 2 saturated heterocycles. The van der Waals surface area contributed by atoms with Crippen LogP contribution in [-0.2, 0) is 9.47 Å². The molecule has 2 fully saturated rings. The monoisotopic (exact) mass is 402 g/mol. The summed E-state index contributed by atoms with van der Waals surface area (Å²) in [6, 6.07) is 0. The van der Waals surface area contributed by atoms with Gasteiger partial charge in [0.05, 0.1) is 25.4 Å². The number of rotatable bonds is 6. The molecular weight excluding hydrogens is 360 g/mol. The van der Waals surface area contributed by atoms with Crippen molar-refractivity contribution in [1.29, 1.82) is 0 Å². The summed E-state index contributed by atoms with van der Waals surface area (Å²) in [6.07, 6.45) is 2.10. The van der Waals surface area contributed by atoms with Gasteiger partial charge in [0.2, 0.25) is 0 Å². The molecule has 0 aromatic carbocycles. The zero-order chi connectivity index (χ0) is 21.5. The molecule has 0 amide bonds. The van der Waals surface area contributed by atoms with E-state index in [1.54, 1.807) is 0 Å². The first-order valence-electron chi connectivity index (χ1n) is 10.5. The van der Waals surface area contributed by atoms with Gasteiger partial charge in [-0.3, -0.25) is 0 Å². The number of ether oxygens (including phenoxy) is 2. The van der Waals surface area contributed by atoms with Crippen molar-refractivity contribution in [3.05, 3.63) is 0 Å². The van der Waals surface area contributed by atoms with Gasteiger partial charge in [-0.1, -0.05) is 0 Å². The third-order valence-electron chi connectivity index (χ3n) is 6.25. The van der Waals surface area contributed by atoms with Crippen molar-refractivity contribution in [1.82, 2.24) is 10.1 Å². The van der Waals surface area contributed by atoms with E-state index in [9.17, 15) is 15.5 Å². The van der Waals surface area contributed by atoms with Crippen LogP contribution in [0.1, 0.15) is 81.1 Å². The molecular formula is C21H42N2O5. The van der Waals surface area contributed by atoms with Crippen LogP contribution in [0.25, 0.3) is 0 Å². The number of nitrogens with zero attached hydrogens (tertiary/aromatic N) is 2. The fourth-order valence-electron chi connectivity index (χ4n) is 5.14. The maximum Gasteiger partial charge on any atom is 0.101 e. The van der Waals surface area contributed by atoms with Gasteiger partial charge in [0.15, 0.2) is 0 Å². The third kappa shape index (κ3) is 5.45. The highest BCUT2D eigenvalue weighted by Gasteiger charge is 2.46. The molecule has 0 bridgehead atoms. The molecule has 2 heterocycles. The number of hydrogen-bond acceptors (Lipinski definition) is 7. The van der Waals surface area contributed by atoms with Crippen molar-refractivity contribution in [2.75, 3.05) is 13.2 Å². The Morgan fingerprint density at radius 2 is 0.929 bits per heavy atom. The SMILES string of the molecule is CC1(C)CC(OCC(O)COC2CC(C)(C)N(O)C(C)(C)C2)CC(C)(C)N1O. The lowest BCUT2D eigenvalue weighted by molar-refractivity contribution is -0.266. The van der Waals surface area contributed by atoms with E-state index >= 15 is 0 Å². The molecule has 0 saturated carbocycles. The van der Waals surface area contributed by atoms with Gasteiger partial charge in [0.1, 0.15) is 6.10 Å². The number of hydrogen-bond donors (Lipinski definition) is 3. The highest BCUT2D eigenvalue weighted by Crippen LogP contribution is 2.39. The fraction of sp³-hybridized carbons (Fsp3) is 1.00. The van der Waals surface area contributed by atoms with E-state index in [1.807, 2.05) is 55.4 Å². The number of aliphatic hydroxyl groups is 1. The van der Waals surface area contributed by atoms with E-state index in [4.69, 9.17) is 9.47 Å². The highest BCUT2D eigenvalue weighted by molar-refractivity contribution is 4.97. The van der Waals surface area contributed by atoms with Crippen LogP contribution in [0.3, 0.4) is 0 Å². The van der Waals surface area contributed by atoms with Gasteiger partial charge in [-0.15, -0.1) is 0 Å². The van der Waals surface area contributed by atoms with Crippen molar-refractivity contribution < 1.29 is 25.0 Å². The molecule has 2 aliphatic rings. The lowest BCUT2D eigenvalue weighted by Gasteiger charge is -2.51. The normalized spacial score (nSPS) is 28.7. The second-order valence-electron chi connectivity index (χ2n) is 11.3. The van der Waals surface area contributed by atoms with Crippen LogP contribution in [0, 0.1) is 0 Å². The summed E-state index contributed by atoms with van der Waals surface area (Å²) in [5.41, 5.74) is -1.49. The molecule has 7 nitrogen and oxygen atoms in total. The maximum absolute atomic E-state index is 10.4. The van der Waals surface area contributed by atoms with Crippen molar-refractivity contribution in [2.45, 2.75) is 122 Å². The van der Waals surface area contributed by atoms with E-state index in [2.05, 4.69) is 0 Å². The second-order valence-corrected chi connectivity index (χ2v) is 11.3. The molecule has 0 spiro atoms. The molecule has 7 heteroatoms. The lowest BCUT2D eigenvalue weighted by Crippen LogP contribution is -2.61. The molecule has 0 atom stereocenters. The van der Waals surface area contributed by atoms with Gasteiger partial charge in [-0.25, -0.2) is 0 Å².